The Balaban J connectivity index is 0.000000352. The number of aromatic carboxylic acids is 1. The number of carbonyl (C=O) groups is 2. The van der Waals surface area contributed by atoms with Gasteiger partial charge < -0.3 is 30.8 Å². The highest BCUT2D eigenvalue weighted by molar-refractivity contribution is 5.85. The maximum absolute atomic E-state index is 10.7. The average Bonchev–Trinajstić information content (AvgIpc) is 2.66. The highest BCUT2D eigenvalue weighted by atomic mass is 16.5. The number of nitrogens with two attached hydrogens (primary N) is 1. The van der Waals surface area contributed by atoms with Gasteiger partial charge in [-0.05, 0) is 30.2 Å². The van der Waals surface area contributed by atoms with E-state index in [0.717, 1.165) is 11.1 Å². The van der Waals surface area contributed by atoms with E-state index in [1.54, 1.807) is 36.4 Å². The van der Waals surface area contributed by atoms with Gasteiger partial charge in [-0.15, -0.1) is 0 Å². The minimum Gasteiger partial charge on any atom is -0.545 e. The van der Waals surface area contributed by atoms with Crippen LogP contribution in [0.1, 0.15) is 35.3 Å². The molecule has 1 amide bonds. The summed E-state index contributed by atoms with van der Waals surface area (Å²) in [5.74, 6) is -0.819. The number of nitrogens with one attached hydrogen (secondary N) is 1. The van der Waals surface area contributed by atoms with Crippen LogP contribution in [0.25, 0.3) is 0 Å². The molecule has 0 unspecified atom stereocenters. The maximum Gasteiger partial charge on any atom is 0.221 e. The molecule has 0 saturated carbocycles. The van der Waals surface area contributed by atoms with Gasteiger partial charge in [0.05, 0.1) is 12.4 Å². The number of primary amides is 1. The summed E-state index contributed by atoms with van der Waals surface area (Å²) in [4.78, 5) is 20.9. The number of aliphatic hydroxyl groups is 1. The number of carboxylic acids is 1. The summed E-state index contributed by atoms with van der Waals surface area (Å²) in [5, 5.41) is 23.0. The third kappa shape index (κ3) is 10.9. The Labute approximate surface area is 171 Å². The molecule has 7 heteroatoms. The standard InChI is InChI=1S/C14H22N2O3.C8H8O2/c1-10(2)16-8-12(17)9-19-13-5-3-11(4-6-13)7-14(15)18;1-6-2-4-7(5-3-6)8(9)10/h3-6,10,12,16-17H,7-9H2,1-2H3,(H2,15,18);2-5H,1H3,(H,9,10)/p-1/t12-;/m0./s1. The average molecular weight is 401 g/mol. The molecular formula is C22H29N2O5-. The van der Waals surface area contributed by atoms with Crippen molar-refractivity contribution in [2.45, 2.75) is 39.3 Å². The van der Waals surface area contributed by atoms with Gasteiger partial charge in [0.2, 0.25) is 5.91 Å². The van der Waals surface area contributed by atoms with E-state index in [1.807, 2.05) is 20.8 Å². The predicted octanol–water partition coefficient (Wildman–Crippen LogP) is 0.811. The molecule has 2 rings (SSSR count). The summed E-state index contributed by atoms with van der Waals surface area (Å²) in [5.41, 5.74) is 7.23. The van der Waals surface area contributed by atoms with Gasteiger partial charge in [0.1, 0.15) is 18.5 Å². The van der Waals surface area contributed by atoms with Crippen molar-refractivity contribution in [2.24, 2.45) is 5.73 Å². The molecule has 1 atom stereocenters. The van der Waals surface area contributed by atoms with Crippen LogP contribution in [0.2, 0.25) is 0 Å². The molecule has 0 aliphatic rings. The van der Waals surface area contributed by atoms with Crippen molar-refractivity contribution in [2.75, 3.05) is 13.2 Å². The predicted molar refractivity (Wildman–Crippen MR) is 109 cm³/mol. The van der Waals surface area contributed by atoms with Gasteiger partial charge in [-0.2, -0.15) is 0 Å². The summed E-state index contributed by atoms with van der Waals surface area (Å²) in [6.45, 7) is 6.67. The van der Waals surface area contributed by atoms with Crippen molar-refractivity contribution in [3.63, 3.8) is 0 Å². The Morgan fingerprint density at radius 3 is 2.17 bits per heavy atom. The zero-order valence-electron chi connectivity index (χ0n) is 17.1. The van der Waals surface area contributed by atoms with Gasteiger partial charge in [0.15, 0.2) is 0 Å². The second-order valence-corrected chi connectivity index (χ2v) is 6.97. The number of carboxylic acid groups (broad SMARTS) is 1. The van der Waals surface area contributed by atoms with E-state index in [1.165, 1.54) is 12.1 Å². The van der Waals surface area contributed by atoms with Gasteiger partial charge in [-0.25, -0.2) is 0 Å². The normalized spacial score (nSPS) is 11.3. The fraction of sp³-hybridized carbons (Fsp3) is 0.364. The molecule has 29 heavy (non-hydrogen) atoms. The van der Waals surface area contributed by atoms with Gasteiger partial charge >= 0.3 is 0 Å². The van der Waals surface area contributed by atoms with Gasteiger partial charge in [0, 0.05) is 12.6 Å². The molecule has 0 bridgehead atoms. The highest BCUT2D eigenvalue weighted by Gasteiger charge is 2.06. The van der Waals surface area contributed by atoms with E-state index in [2.05, 4.69) is 5.32 Å². The number of benzene rings is 2. The van der Waals surface area contributed by atoms with Crippen LogP contribution in [0.4, 0.5) is 0 Å². The van der Waals surface area contributed by atoms with Crippen molar-refractivity contribution in [1.82, 2.24) is 5.32 Å². The summed E-state index contributed by atoms with van der Waals surface area (Å²) in [7, 11) is 0. The molecule has 2 aromatic carbocycles. The topological polar surface area (TPSA) is 125 Å². The van der Waals surface area contributed by atoms with Crippen LogP contribution in [0.15, 0.2) is 48.5 Å². The first-order chi connectivity index (χ1) is 13.7. The molecule has 0 fully saturated rings. The second-order valence-electron chi connectivity index (χ2n) is 6.97. The molecule has 0 radical (unpaired) electrons. The van der Waals surface area contributed by atoms with Crippen LogP contribution < -0.4 is 20.9 Å². The number of amides is 1. The molecule has 0 spiro atoms. The Bertz CT molecular complexity index is 758. The molecule has 158 valence electrons. The summed E-state index contributed by atoms with van der Waals surface area (Å²) < 4.78 is 5.45. The first-order valence-electron chi connectivity index (χ1n) is 9.37. The largest absolute Gasteiger partial charge is 0.545 e. The lowest BCUT2D eigenvalue weighted by molar-refractivity contribution is -0.255. The molecule has 0 aliphatic carbocycles. The molecule has 0 aromatic heterocycles. The number of ether oxygens (including phenoxy) is 1. The van der Waals surface area contributed by atoms with Gasteiger partial charge in [-0.3, -0.25) is 4.79 Å². The second kappa shape index (κ2) is 12.5. The third-order valence-corrected chi connectivity index (χ3v) is 3.79. The van der Waals surface area contributed by atoms with Crippen LogP contribution in [0.3, 0.4) is 0 Å². The van der Waals surface area contributed by atoms with E-state index in [9.17, 15) is 19.8 Å². The summed E-state index contributed by atoms with van der Waals surface area (Å²) >= 11 is 0. The molecule has 4 N–H and O–H groups in total. The van der Waals surface area contributed by atoms with E-state index in [0.29, 0.717) is 18.3 Å². The third-order valence-electron chi connectivity index (χ3n) is 3.79. The zero-order valence-corrected chi connectivity index (χ0v) is 17.1. The monoisotopic (exact) mass is 401 g/mol. The van der Waals surface area contributed by atoms with Gasteiger partial charge in [0.25, 0.3) is 0 Å². The van der Waals surface area contributed by atoms with Gasteiger partial charge in [-0.1, -0.05) is 55.8 Å². The molecule has 0 saturated heterocycles. The first kappa shape index (κ1) is 24.1. The van der Waals surface area contributed by atoms with Crippen LogP contribution in [-0.2, 0) is 11.2 Å². The summed E-state index contributed by atoms with van der Waals surface area (Å²) in [6.07, 6.45) is -0.325. The fourth-order valence-electron chi connectivity index (χ4n) is 2.22. The van der Waals surface area contributed by atoms with Crippen LogP contribution >= 0.6 is 0 Å². The smallest absolute Gasteiger partial charge is 0.221 e. The minimum atomic E-state index is -1.12. The maximum atomic E-state index is 10.7. The number of hydrogen-bond acceptors (Lipinski definition) is 6. The molecule has 7 nitrogen and oxygen atoms in total. The quantitative estimate of drug-likeness (QED) is 0.571. The van der Waals surface area contributed by atoms with E-state index in [-0.39, 0.29) is 24.5 Å². The summed E-state index contributed by atoms with van der Waals surface area (Å²) in [6, 6.07) is 14.0. The molecule has 0 heterocycles. The molecular weight excluding hydrogens is 372 g/mol. The minimum absolute atomic E-state index is 0.223. The lowest BCUT2D eigenvalue weighted by Gasteiger charge is -2.15. The van der Waals surface area contributed by atoms with Crippen molar-refractivity contribution in [3.8, 4) is 5.75 Å². The number of rotatable bonds is 9. The van der Waals surface area contributed by atoms with Crippen LogP contribution in [0, 0.1) is 6.92 Å². The van der Waals surface area contributed by atoms with Crippen LogP contribution in [0.5, 0.6) is 5.75 Å². The SMILES string of the molecule is CC(C)NC[C@H](O)COc1ccc(CC(N)=O)cc1.Cc1ccc(C(=O)[O-])cc1. The zero-order chi connectivity index (χ0) is 21.8. The van der Waals surface area contributed by atoms with Crippen molar-refractivity contribution < 1.29 is 24.5 Å². The Hall–Kier alpha value is -2.90. The van der Waals surface area contributed by atoms with E-state index in [4.69, 9.17) is 10.5 Å². The molecule has 2 aromatic rings. The van der Waals surface area contributed by atoms with E-state index >= 15 is 0 Å². The first-order valence-corrected chi connectivity index (χ1v) is 9.37. The number of carbonyl (C=O) groups excluding carboxylic acids is 2. The van der Waals surface area contributed by atoms with Crippen molar-refractivity contribution in [1.29, 1.82) is 0 Å². The Kier molecular flexibility index (Phi) is 10.4. The number of aliphatic hydroxyl groups excluding tert-OH is 1. The van der Waals surface area contributed by atoms with Crippen LogP contribution in [-0.4, -0.2) is 42.3 Å². The Morgan fingerprint density at radius 1 is 1.10 bits per heavy atom. The lowest BCUT2D eigenvalue weighted by atomic mass is 10.1. The van der Waals surface area contributed by atoms with Crippen molar-refractivity contribution >= 4 is 11.9 Å². The fourth-order valence-corrected chi connectivity index (χ4v) is 2.22. The van der Waals surface area contributed by atoms with Crippen molar-refractivity contribution in [3.05, 3.63) is 65.2 Å². The number of aryl methyl sites for hydroxylation is 1. The van der Waals surface area contributed by atoms with E-state index < -0.39 is 12.1 Å². The highest BCUT2D eigenvalue weighted by Crippen LogP contribution is 2.12. The Morgan fingerprint density at radius 2 is 1.69 bits per heavy atom. The molecule has 0 aliphatic heterocycles. The number of hydrogen-bond donors (Lipinski definition) is 3. The lowest BCUT2D eigenvalue weighted by Crippen LogP contribution is -2.35.